The van der Waals surface area contributed by atoms with E-state index in [0.29, 0.717) is 53.5 Å². The largest absolute Gasteiger partial charge is 0.489 e. The van der Waals surface area contributed by atoms with Crippen molar-refractivity contribution >= 4 is 29.4 Å². The molecule has 0 saturated carbocycles. The first-order valence-electron chi connectivity index (χ1n) is 13.6. The van der Waals surface area contributed by atoms with Crippen LogP contribution in [0.3, 0.4) is 0 Å². The van der Waals surface area contributed by atoms with Crippen molar-refractivity contribution in [1.82, 2.24) is 9.80 Å². The molecule has 0 aromatic heterocycles. The topological polar surface area (TPSA) is 122 Å². The lowest BCUT2D eigenvalue weighted by Crippen LogP contribution is -2.53. The summed E-state index contributed by atoms with van der Waals surface area (Å²) in [5.74, 6) is -1.91. The van der Waals surface area contributed by atoms with Crippen molar-refractivity contribution in [2.75, 3.05) is 13.1 Å². The highest BCUT2D eigenvalue weighted by molar-refractivity contribution is 6.31. The minimum atomic E-state index is -0.987. The molecule has 2 aromatic rings. The van der Waals surface area contributed by atoms with Crippen molar-refractivity contribution in [1.29, 1.82) is 0 Å². The molecule has 42 heavy (non-hydrogen) atoms. The number of hydrogen-bond donors (Lipinski definition) is 2. The summed E-state index contributed by atoms with van der Waals surface area (Å²) in [5.41, 5.74) is 7.43. The predicted octanol–water partition coefficient (Wildman–Crippen LogP) is 5.02. The molecule has 0 radical (unpaired) electrons. The maximum absolute atomic E-state index is 15.3. The molecule has 0 unspecified atom stereocenters. The van der Waals surface area contributed by atoms with Gasteiger partial charge in [0.25, 0.3) is 11.8 Å². The SMILES string of the molecule is C=C/C(Cl)=C\C1=C(N)O[C@@H](C)C(=O)N1C1CCN(C(=O)c2ccc(-c3ccccc3O[C@H](C)CC(=O)O)cc2F)CC1. The number of carboxylic acid groups (broad SMARTS) is 1. The van der Waals surface area contributed by atoms with Gasteiger partial charge in [-0.3, -0.25) is 14.4 Å². The zero-order valence-corrected chi connectivity index (χ0v) is 24.1. The maximum Gasteiger partial charge on any atom is 0.307 e. The second kappa shape index (κ2) is 13.1. The molecule has 11 heteroatoms. The number of carbonyl (C=O) groups excluding carboxylic acids is 2. The summed E-state index contributed by atoms with van der Waals surface area (Å²) in [6, 6.07) is 11.0. The number of nitrogens with zero attached hydrogens (tertiary/aromatic N) is 2. The summed E-state index contributed by atoms with van der Waals surface area (Å²) in [5, 5.41) is 9.33. The van der Waals surface area contributed by atoms with E-state index >= 15 is 4.39 Å². The number of rotatable bonds is 9. The van der Waals surface area contributed by atoms with Gasteiger partial charge in [-0.1, -0.05) is 48.5 Å². The van der Waals surface area contributed by atoms with Crippen molar-refractivity contribution in [3.63, 3.8) is 0 Å². The summed E-state index contributed by atoms with van der Waals surface area (Å²) < 4.78 is 26.6. The van der Waals surface area contributed by atoms with Gasteiger partial charge in [0.15, 0.2) is 6.10 Å². The van der Waals surface area contributed by atoms with Crippen molar-refractivity contribution in [2.24, 2.45) is 5.73 Å². The zero-order valence-electron chi connectivity index (χ0n) is 23.4. The molecule has 9 nitrogen and oxygen atoms in total. The van der Waals surface area contributed by atoms with E-state index in [1.165, 1.54) is 24.3 Å². The molecule has 1 fully saturated rings. The molecule has 0 bridgehead atoms. The van der Waals surface area contributed by atoms with Crippen LogP contribution in [0.1, 0.15) is 43.5 Å². The van der Waals surface area contributed by atoms with Crippen LogP contribution in [0, 0.1) is 5.82 Å². The molecular formula is C31H33ClFN3O6. The summed E-state index contributed by atoms with van der Waals surface area (Å²) in [6.45, 7) is 7.48. The molecule has 0 aliphatic carbocycles. The van der Waals surface area contributed by atoms with Gasteiger partial charge in [-0.2, -0.15) is 0 Å². The highest BCUT2D eigenvalue weighted by atomic mass is 35.5. The summed E-state index contributed by atoms with van der Waals surface area (Å²) in [6.07, 6.45) is 2.29. The Bertz CT molecular complexity index is 1450. The van der Waals surface area contributed by atoms with Gasteiger partial charge >= 0.3 is 5.97 Å². The first-order chi connectivity index (χ1) is 20.0. The second-order valence-corrected chi connectivity index (χ2v) is 10.6. The number of carbonyl (C=O) groups is 3. The van der Waals surface area contributed by atoms with Crippen LogP contribution in [0.15, 0.2) is 77.8 Å². The van der Waals surface area contributed by atoms with E-state index in [-0.39, 0.29) is 29.8 Å². The van der Waals surface area contributed by atoms with E-state index in [2.05, 4.69) is 6.58 Å². The molecule has 1 saturated heterocycles. The first kappa shape index (κ1) is 30.6. The fraction of sp³-hybridized carbons (Fsp3) is 0.323. The Morgan fingerprint density at radius 1 is 1.26 bits per heavy atom. The third-order valence-corrected chi connectivity index (χ3v) is 7.44. The smallest absolute Gasteiger partial charge is 0.307 e. The summed E-state index contributed by atoms with van der Waals surface area (Å²) in [7, 11) is 0. The number of carboxylic acids is 1. The number of allylic oxidation sites excluding steroid dienone is 3. The number of piperidine rings is 1. The van der Waals surface area contributed by atoms with Crippen LogP contribution in [-0.4, -0.2) is 64.0 Å². The average molecular weight is 598 g/mol. The van der Waals surface area contributed by atoms with E-state index < -0.39 is 29.9 Å². The Hall–Kier alpha value is -4.31. The number of para-hydroxylation sites is 1. The van der Waals surface area contributed by atoms with Crippen molar-refractivity contribution in [3.05, 3.63) is 89.2 Å². The summed E-state index contributed by atoms with van der Waals surface area (Å²) in [4.78, 5) is 40.5. The number of halogens is 2. The molecule has 2 heterocycles. The number of nitrogens with two attached hydrogens (primary N) is 1. The Labute approximate surface area is 248 Å². The Balaban J connectivity index is 1.48. The number of ether oxygens (including phenoxy) is 2. The van der Waals surface area contributed by atoms with Crippen LogP contribution >= 0.6 is 11.6 Å². The van der Waals surface area contributed by atoms with Crippen molar-refractivity contribution < 1.29 is 33.4 Å². The minimum Gasteiger partial charge on any atom is -0.489 e. The lowest BCUT2D eigenvalue weighted by molar-refractivity contribution is -0.144. The van der Waals surface area contributed by atoms with Crippen LogP contribution in [0.2, 0.25) is 0 Å². The highest BCUT2D eigenvalue weighted by Crippen LogP contribution is 2.33. The van der Waals surface area contributed by atoms with E-state index in [4.69, 9.17) is 31.9 Å². The van der Waals surface area contributed by atoms with E-state index in [9.17, 15) is 14.4 Å². The number of hydrogen-bond acceptors (Lipinski definition) is 6. The van der Waals surface area contributed by atoms with Gasteiger partial charge in [-0.15, -0.1) is 0 Å². The molecule has 2 amide bonds. The van der Waals surface area contributed by atoms with Gasteiger partial charge in [0.2, 0.25) is 5.88 Å². The van der Waals surface area contributed by atoms with Gasteiger partial charge in [-0.25, -0.2) is 4.39 Å². The fourth-order valence-electron chi connectivity index (χ4n) is 5.11. The highest BCUT2D eigenvalue weighted by Gasteiger charge is 2.38. The quantitative estimate of drug-likeness (QED) is 0.389. The number of benzene rings is 2. The maximum atomic E-state index is 15.3. The molecule has 222 valence electrons. The van der Waals surface area contributed by atoms with Gasteiger partial charge in [0, 0.05) is 29.7 Å². The van der Waals surface area contributed by atoms with E-state index in [0.717, 1.165) is 0 Å². The molecule has 0 spiro atoms. The van der Waals surface area contributed by atoms with Gasteiger partial charge in [0.1, 0.15) is 23.4 Å². The molecule has 3 N–H and O–H groups in total. The third-order valence-electron chi connectivity index (χ3n) is 7.18. The monoisotopic (exact) mass is 597 g/mol. The summed E-state index contributed by atoms with van der Waals surface area (Å²) >= 11 is 6.14. The normalized spacial score (nSPS) is 18.9. The Morgan fingerprint density at radius 3 is 2.60 bits per heavy atom. The number of likely N-dealkylation sites (tertiary alicyclic amines) is 1. The van der Waals surface area contributed by atoms with Gasteiger partial charge in [-0.05, 0) is 56.5 Å². The predicted molar refractivity (Wildman–Crippen MR) is 156 cm³/mol. The Morgan fingerprint density at radius 2 is 1.95 bits per heavy atom. The van der Waals surface area contributed by atoms with Gasteiger partial charge < -0.3 is 30.1 Å². The zero-order chi connectivity index (χ0) is 30.6. The van der Waals surface area contributed by atoms with Crippen LogP contribution in [0.4, 0.5) is 4.39 Å². The second-order valence-electron chi connectivity index (χ2n) is 10.2. The fourth-order valence-corrected chi connectivity index (χ4v) is 5.21. The van der Waals surface area contributed by atoms with Crippen molar-refractivity contribution in [2.45, 2.75) is 51.4 Å². The number of aliphatic carboxylic acids is 1. The van der Waals surface area contributed by atoms with E-state index in [1.807, 2.05) is 0 Å². The van der Waals surface area contributed by atoms with E-state index in [1.54, 1.807) is 54.0 Å². The Kier molecular flexibility index (Phi) is 9.57. The van der Waals surface area contributed by atoms with Crippen LogP contribution < -0.4 is 10.5 Å². The molecule has 2 atom stereocenters. The molecular weight excluding hydrogens is 565 g/mol. The molecule has 2 aliphatic rings. The van der Waals surface area contributed by atoms with Crippen LogP contribution in [-0.2, 0) is 14.3 Å². The minimum absolute atomic E-state index is 0.0727. The standard InChI is InChI=1S/C31H33ClFN3O6/c1-4-21(32)17-26-29(34)42-19(3)30(39)36(26)22-11-13-35(14-12-22)31(40)24-10-9-20(16-25(24)33)23-7-5-6-8-27(23)41-18(2)15-28(37)38/h4-10,16-19,22H,1,11-15,34H2,2-3H3,(H,37,38)/b21-17+/t18-,19+/m1/s1. The van der Waals surface area contributed by atoms with Crippen LogP contribution in [0.25, 0.3) is 11.1 Å². The van der Waals surface area contributed by atoms with Crippen LogP contribution in [0.5, 0.6) is 5.75 Å². The first-order valence-corrected chi connectivity index (χ1v) is 13.9. The molecule has 4 rings (SSSR count). The molecule has 2 aliphatic heterocycles. The molecule has 2 aromatic carbocycles. The van der Waals surface area contributed by atoms with Gasteiger partial charge in [0.05, 0.1) is 12.0 Å². The average Bonchev–Trinajstić information content (AvgIpc) is 2.95. The third kappa shape index (κ3) is 6.76. The lowest BCUT2D eigenvalue weighted by Gasteiger charge is -2.42. The lowest BCUT2D eigenvalue weighted by atomic mass is 9.98. The number of amides is 2. The van der Waals surface area contributed by atoms with Crippen molar-refractivity contribution in [3.8, 4) is 16.9 Å².